The maximum atomic E-state index is 5.39. The SMILES string of the molecule is CC1(C)CCC(C)(C)c2c(-c3ccccc3-n3c4ccccc4c4cc5c6c(n(-c7nc(-c8ccccc8)nc(-c8cccc(-c9ccccc9)c8)n7)c5cc43)=CCCC=6)cccc21. The summed E-state index contributed by atoms with van der Waals surface area (Å²) in [7, 11) is 0. The first-order valence-corrected chi connectivity index (χ1v) is 22.7. The van der Waals surface area contributed by atoms with Crippen LogP contribution in [0.1, 0.15) is 64.5 Å². The topological polar surface area (TPSA) is 48.5 Å². The molecule has 3 heterocycles. The van der Waals surface area contributed by atoms with E-state index in [1.54, 1.807) is 0 Å². The molecule has 7 aromatic carbocycles. The largest absolute Gasteiger partial charge is 0.309 e. The van der Waals surface area contributed by atoms with Crippen molar-refractivity contribution in [2.75, 3.05) is 0 Å². The minimum absolute atomic E-state index is 0.0410. The Morgan fingerprint density at radius 3 is 1.89 bits per heavy atom. The number of fused-ring (bicyclic) bond motifs is 7. The van der Waals surface area contributed by atoms with Crippen LogP contribution in [0, 0.1) is 0 Å². The molecule has 12 rings (SSSR count). The van der Waals surface area contributed by atoms with Crippen LogP contribution in [0.4, 0.5) is 0 Å². The van der Waals surface area contributed by atoms with Crippen molar-refractivity contribution in [1.29, 1.82) is 0 Å². The minimum atomic E-state index is 0.0410. The molecule has 0 saturated heterocycles. The summed E-state index contributed by atoms with van der Waals surface area (Å²) in [4.78, 5) is 15.9. The average molecular weight is 828 g/mol. The molecule has 0 saturated carbocycles. The van der Waals surface area contributed by atoms with E-state index in [0.29, 0.717) is 17.6 Å². The van der Waals surface area contributed by atoms with Gasteiger partial charge in [-0.25, -0.2) is 4.98 Å². The lowest BCUT2D eigenvalue weighted by molar-refractivity contribution is 0.333. The molecule has 0 bridgehead atoms. The van der Waals surface area contributed by atoms with Gasteiger partial charge in [0.05, 0.1) is 27.6 Å². The van der Waals surface area contributed by atoms with Crippen molar-refractivity contribution in [2.24, 2.45) is 0 Å². The Labute approximate surface area is 373 Å². The Bertz CT molecular complexity index is 3610. The highest BCUT2D eigenvalue weighted by molar-refractivity contribution is 6.14. The van der Waals surface area contributed by atoms with Crippen LogP contribution >= 0.6 is 0 Å². The van der Waals surface area contributed by atoms with Gasteiger partial charge in [-0.15, -0.1) is 0 Å². The van der Waals surface area contributed by atoms with E-state index in [2.05, 4.69) is 195 Å². The number of hydrogen-bond donors (Lipinski definition) is 0. The van der Waals surface area contributed by atoms with Crippen molar-refractivity contribution in [2.45, 2.75) is 64.2 Å². The molecule has 2 aliphatic carbocycles. The van der Waals surface area contributed by atoms with Crippen molar-refractivity contribution < 1.29 is 0 Å². The van der Waals surface area contributed by atoms with Gasteiger partial charge in [-0.1, -0.05) is 173 Å². The molecule has 0 atom stereocenters. The van der Waals surface area contributed by atoms with Gasteiger partial charge in [-0.05, 0) is 94.7 Å². The van der Waals surface area contributed by atoms with Gasteiger partial charge in [0.25, 0.3) is 0 Å². The van der Waals surface area contributed by atoms with Gasteiger partial charge in [0.1, 0.15) is 0 Å². The highest BCUT2D eigenvalue weighted by atomic mass is 15.2. The number of hydrogen-bond acceptors (Lipinski definition) is 3. The van der Waals surface area contributed by atoms with E-state index in [4.69, 9.17) is 15.0 Å². The van der Waals surface area contributed by atoms with Gasteiger partial charge in [-0.3, -0.25) is 4.57 Å². The van der Waals surface area contributed by atoms with E-state index in [1.165, 1.54) is 61.3 Å². The fraction of sp³-hybridized carbons (Fsp3) is 0.169. The minimum Gasteiger partial charge on any atom is -0.309 e. The van der Waals surface area contributed by atoms with E-state index in [-0.39, 0.29) is 10.8 Å². The molecule has 5 heteroatoms. The summed E-state index contributed by atoms with van der Waals surface area (Å²) in [5.74, 6) is 1.89. The normalized spacial score (nSPS) is 15.1. The molecular formula is C59H49N5. The van der Waals surface area contributed by atoms with Crippen LogP contribution in [-0.4, -0.2) is 24.1 Å². The van der Waals surface area contributed by atoms with Gasteiger partial charge in [0.15, 0.2) is 11.6 Å². The summed E-state index contributed by atoms with van der Waals surface area (Å²) in [6.07, 6.45) is 9.03. The molecule has 0 radical (unpaired) electrons. The van der Waals surface area contributed by atoms with Gasteiger partial charge in [-0.2, -0.15) is 9.97 Å². The Morgan fingerprint density at radius 1 is 0.438 bits per heavy atom. The smallest absolute Gasteiger partial charge is 0.238 e. The molecule has 0 N–H and O–H groups in total. The summed E-state index contributed by atoms with van der Waals surface area (Å²) in [6.45, 7) is 9.70. The van der Waals surface area contributed by atoms with Gasteiger partial charge >= 0.3 is 0 Å². The van der Waals surface area contributed by atoms with Gasteiger partial charge in [0, 0.05) is 38.1 Å². The van der Waals surface area contributed by atoms with Crippen molar-refractivity contribution >= 4 is 44.9 Å². The molecule has 0 unspecified atom stereocenters. The van der Waals surface area contributed by atoms with Crippen molar-refractivity contribution in [3.05, 3.63) is 185 Å². The zero-order valence-electron chi connectivity index (χ0n) is 36.8. The lowest BCUT2D eigenvalue weighted by Crippen LogP contribution is -2.34. The first-order valence-electron chi connectivity index (χ1n) is 22.7. The number of nitrogens with zero attached hydrogens (tertiary/aromatic N) is 5. The number of para-hydroxylation sites is 2. The number of aromatic nitrogens is 5. The zero-order chi connectivity index (χ0) is 43.2. The number of benzene rings is 7. The van der Waals surface area contributed by atoms with Crippen molar-refractivity contribution in [3.63, 3.8) is 0 Å². The molecule has 3 aromatic heterocycles. The summed E-state index contributed by atoms with van der Waals surface area (Å²) < 4.78 is 4.80. The van der Waals surface area contributed by atoms with E-state index in [0.717, 1.165) is 57.9 Å². The molecule has 64 heavy (non-hydrogen) atoms. The van der Waals surface area contributed by atoms with Crippen LogP contribution in [0.15, 0.2) is 164 Å². The molecule has 0 fully saturated rings. The Kier molecular flexibility index (Phi) is 8.74. The zero-order valence-corrected chi connectivity index (χ0v) is 36.8. The van der Waals surface area contributed by atoms with Crippen LogP contribution in [0.2, 0.25) is 0 Å². The fourth-order valence-electron chi connectivity index (χ4n) is 10.8. The summed E-state index contributed by atoms with van der Waals surface area (Å²) in [5.41, 5.74) is 14.4. The van der Waals surface area contributed by atoms with E-state index >= 15 is 0 Å². The third-order valence-electron chi connectivity index (χ3n) is 14.1. The Hall–Kier alpha value is -7.37. The predicted molar refractivity (Wildman–Crippen MR) is 265 cm³/mol. The summed E-state index contributed by atoms with van der Waals surface area (Å²) in [5, 5.41) is 6.02. The molecule has 2 aliphatic rings. The molecule has 5 nitrogen and oxygen atoms in total. The van der Waals surface area contributed by atoms with Gasteiger partial charge < -0.3 is 4.57 Å². The van der Waals surface area contributed by atoms with Crippen LogP contribution < -0.4 is 10.6 Å². The average Bonchev–Trinajstić information content (AvgIpc) is 3.84. The molecular weight excluding hydrogens is 779 g/mol. The van der Waals surface area contributed by atoms with E-state index < -0.39 is 0 Å². The Morgan fingerprint density at radius 2 is 1.06 bits per heavy atom. The van der Waals surface area contributed by atoms with Crippen LogP contribution in [-0.2, 0) is 10.8 Å². The second-order valence-electron chi connectivity index (χ2n) is 19.0. The van der Waals surface area contributed by atoms with Crippen LogP contribution in [0.3, 0.4) is 0 Å². The molecule has 0 amide bonds. The maximum absolute atomic E-state index is 5.39. The second kappa shape index (κ2) is 14.6. The predicted octanol–water partition coefficient (Wildman–Crippen LogP) is 13.3. The fourth-order valence-corrected chi connectivity index (χ4v) is 10.8. The lowest BCUT2D eigenvalue weighted by Gasteiger charge is -2.43. The standard InChI is InChI=1S/C59H49N5/c1-58(2)33-34-59(3,4)54-45(28-18-29-48(54)58)42-25-11-14-30-49(42)63-50-31-15-12-26-43(50)46-36-47-44-27-13-16-32-51(44)64(53(47)37-52(46)63)57-61-55(39-21-9-6-10-22-39)60-56(62-57)41-24-17-23-40(35-41)38-19-7-5-8-20-38/h5-12,14-15,17-32,35-37H,13,16,33-34H2,1-4H3. The highest BCUT2D eigenvalue weighted by Gasteiger charge is 2.39. The molecule has 0 spiro atoms. The van der Waals surface area contributed by atoms with Crippen LogP contribution in [0.5, 0.6) is 0 Å². The monoisotopic (exact) mass is 827 g/mol. The van der Waals surface area contributed by atoms with Crippen molar-refractivity contribution in [3.8, 4) is 56.7 Å². The van der Waals surface area contributed by atoms with Crippen molar-refractivity contribution in [1.82, 2.24) is 24.1 Å². The molecule has 310 valence electrons. The maximum Gasteiger partial charge on any atom is 0.238 e. The molecule has 10 aromatic rings. The lowest BCUT2D eigenvalue weighted by atomic mass is 9.61. The Balaban J connectivity index is 1.14. The van der Waals surface area contributed by atoms with E-state index in [1.807, 2.05) is 18.2 Å². The quantitative estimate of drug-likeness (QED) is 0.168. The van der Waals surface area contributed by atoms with E-state index in [9.17, 15) is 0 Å². The second-order valence-corrected chi connectivity index (χ2v) is 19.0. The van der Waals surface area contributed by atoms with Crippen LogP contribution in [0.25, 0.3) is 102 Å². The summed E-state index contributed by atoms with van der Waals surface area (Å²) in [6, 6.07) is 59.1. The third kappa shape index (κ3) is 6.09. The van der Waals surface area contributed by atoms with Gasteiger partial charge in [0.2, 0.25) is 5.95 Å². The third-order valence-corrected chi connectivity index (χ3v) is 14.1. The number of rotatable bonds is 6. The molecule has 0 aliphatic heterocycles. The summed E-state index contributed by atoms with van der Waals surface area (Å²) >= 11 is 0. The first-order chi connectivity index (χ1) is 31.2. The first kappa shape index (κ1) is 38.3. The highest BCUT2D eigenvalue weighted by Crippen LogP contribution is 2.50.